The van der Waals surface area contributed by atoms with Gasteiger partial charge in [-0.1, -0.05) is 15.9 Å². The van der Waals surface area contributed by atoms with Crippen LogP contribution in [0, 0.1) is 5.82 Å². The fraction of sp³-hybridized carbons (Fsp3) is 0.250. The molecular formula is C12H13BrFN3. The van der Waals surface area contributed by atoms with Crippen molar-refractivity contribution in [1.29, 1.82) is 0 Å². The molecule has 90 valence electrons. The van der Waals surface area contributed by atoms with E-state index in [0.717, 1.165) is 10.2 Å². The Morgan fingerprint density at radius 3 is 2.82 bits per heavy atom. The molecule has 0 aliphatic carbocycles. The summed E-state index contributed by atoms with van der Waals surface area (Å²) in [4.78, 5) is 4.06. The van der Waals surface area contributed by atoms with Crippen molar-refractivity contribution in [3.63, 3.8) is 0 Å². The highest BCUT2D eigenvalue weighted by molar-refractivity contribution is 9.10. The second-order valence-electron chi connectivity index (χ2n) is 3.82. The SMILES string of the molecule is CNC(c1cc(Br)ccc1F)c1cncn1C. The molecule has 5 heteroatoms. The normalized spacial score (nSPS) is 12.7. The Bertz CT molecular complexity index is 524. The molecule has 2 aromatic rings. The zero-order chi connectivity index (χ0) is 12.4. The minimum atomic E-state index is -0.228. The molecule has 2 rings (SSSR count). The van der Waals surface area contributed by atoms with Crippen LogP contribution in [0.4, 0.5) is 4.39 Å². The first kappa shape index (κ1) is 12.3. The zero-order valence-corrected chi connectivity index (χ0v) is 11.2. The second-order valence-corrected chi connectivity index (χ2v) is 4.73. The molecule has 0 aliphatic rings. The van der Waals surface area contributed by atoms with Crippen molar-refractivity contribution < 1.29 is 4.39 Å². The molecule has 3 nitrogen and oxygen atoms in total. The van der Waals surface area contributed by atoms with Crippen molar-refractivity contribution in [2.45, 2.75) is 6.04 Å². The monoisotopic (exact) mass is 297 g/mol. The number of benzene rings is 1. The predicted octanol–water partition coefficient (Wildman–Crippen LogP) is 2.63. The van der Waals surface area contributed by atoms with Gasteiger partial charge in [0.15, 0.2) is 0 Å². The van der Waals surface area contributed by atoms with Gasteiger partial charge in [-0.3, -0.25) is 0 Å². The third-order valence-corrected chi connectivity index (χ3v) is 3.20. The average molecular weight is 298 g/mol. The Balaban J connectivity index is 2.49. The van der Waals surface area contributed by atoms with Crippen LogP contribution in [0.1, 0.15) is 17.3 Å². The molecule has 0 saturated heterocycles. The topological polar surface area (TPSA) is 29.9 Å². The van der Waals surface area contributed by atoms with Crippen molar-refractivity contribution in [2.75, 3.05) is 7.05 Å². The highest BCUT2D eigenvalue weighted by Gasteiger charge is 2.19. The smallest absolute Gasteiger partial charge is 0.128 e. The molecular weight excluding hydrogens is 285 g/mol. The molecule has 0 spiro atoms. The fourth-order valence-corrected chi connectivity index (χ4v) is 2.22. The Kier molecular flexibility index (Phi) is 3.59. The molecule has 1 aromatic heterocycles. The third-order valence-electron chi connectivity index (χ3n) is 2.71. The number of nitrogens with one attached hydrogen (secondary N) is 1. The van der Waals surface area contributed by atoms with Crippen molar-refractivity contribution in [1.82, 2.24) is 14.9 Å². The van der Waals surface area contributed by atoms with E-state index >= 15 is 0 Å². The highest BCUT2D eigenvalue weighted by Crippen LogP contribution is 2.26. The molecule has 17 heavy (non-hydrogen) atoms. The quantitative estimate of drug-likeness (QED) is 0.944. The summed E-state index contributed by atoms with van der Waals surface area (Å²) in [6.45, 7) is 0. The van der Waals surface area contributed by atoms with Gasteiger partial charge in [-0.15, -0.1) is 0 Å². The first-order valence-corrected chi connectivity index (χ1v) is 6.01. The van der Waals surface area contributed by atoms with Gasteiger partial charge in [0, 0.05) is 17.1 Å². The number of nitrogens with zero attached hydrogens (tertiary/aromatic N) is 2. The average Bonchev–Trinajstić information content (AvgIpc) is 2.71. The first-order valence-electron chi connectivity index (χ1n) is 5.22. The molecule has 1 aromatic carbocycles. The van der Waals surface area contributed by atoms with Crippen molar-refractivity contribution in [3.8, 4) is 0 Å². The molecule has 0 radical (unpaired) electrons. The maximum atomic E-state index is 13.8. The van der Waals surface area contributed by atoms with E-state index in [2.05, 4.69) is 26.2 Å². The molecule has 0 saturated carbocycles. The Hall–Kier alpha value is -1.20. The van der Waals surface area contributed by atoms with E-state index in [0.29, 0.717) is 5.56 Å². The molecule has 1 atom stereocenters. The van der Waals surface area contributed by atoms with E-state index in [9.17, 15) is 4.39 Å². The maximum absolute atomic E-state index is 13.8. The molecule has 0 amide bonds. The van der Waals surface area contributed by atoms with E-state index in [1.54, 1.807) is 31.7 Å². The summed E-state index contributed by atoms with van der Waals surface area (Å²) in [7, 11) is 3.70. The molecule has 1 N–H and O–H groups in total. The summed E-state index contributed by atoms with van der Waals surface area (Å²) >= 11 is 3.36. The Morgan fingerprint density at radius 1 is 1.47 bits per heavy atom. The van der Waals surface area contributed by atoms with Crippen molar-refractivity contribution >= 4 is 15.9 Å². The largest absolute Gasteiger partial charge is 0.336 e. The molecule has 1 heterocycles. The van der Waals surface area contributed by atoms with Gasteiger partial charge in [0.2, 0.25) is 0 Å². The van der Waals surface area contributed by atoms with Crippen LogP contribution in [0.25, 0.3) is 0 Å². The lowest BCUT2D eigenvalue weighted by Gasteiger charge is -2.18. The van der Waals surface area contributed by atoms with E-state index in [1.807, 2.05) is 11.6 Å². The van der Waals surface area contributed by atoms with Gasteiger partial charge in [-0.2, -0.15) is 0 Å². The number of hydrogen-bond acceptors (Lipinski definition) is 2. The summed E-state index contributed by atoms with van der Waals surface area (Å²) in [5, 5.41) is 3.11. The number of imidazole rings is 1. The van der Waals surface area contributed by atoms with Crippen LogP contribution < -0.4 is 5.32 Å². The number of halogens is 2. The predicted molar refractivity (Wildman–Crippen MR) is 68.2 cm³/mol. The lowest BCUT2D eigenvalue weighted by atomic mass is 10.0. The first-order chi connectivity index (χ1) is 8.13. The zero-order valence-electron chi connectivity index (χ0n) is 9.61. The molecule has 1 unspecified atom stereocenters. The lowest BCUT2D eigenvalue weighted by Crippen LogP contribution is -2.21. The van der Waals surface area contributed by atoms with Crippen LogP contribution in [0.2, 0.25) is 0 Å². The summed E-state index contributed by atoms with van der Waals surface area (Å²) in [6, 6.07) is 4.72. The number of aryl methyl sites for hydroxylation is 1. The van der Waals surface area contributed by atoms with E-state index in [1.165, 1.54) is 6.07 Å². The van der Waals surface area contributed by atoms with Crippen LogP contribution in [0.3, 0.4) is 0 Å². The molecule has 0 aliphatic heterocycles. The Labute approximate surface area is 108 Å². The maximum Gasteiger partial charge on any atom is 0.128 e. The van der Waals surface area contributed by atoms with Crippen molar-refractivity contribution in [2.24, 2.45) is 7.05 Å². The van der Waals surface area contributed by atoms with Crippen LogP contribution in [0.15, 0.2) is 35.2 Å². The van der Waals surface area contributed by atoms with Gasteiger partial charge in [0.1, 0.15) is 5.82 Å². The summed E-state index contributed by atoms with van der Waals surface area (Å²) in [5.74, 6) is -0.228. The number of rotatable bonds is 3. The van der Waals surface area contributed by atoms with Gasteiger partial charge in [0.05, 0.1) is 24.3 Å². The fourth-order valence-electron chi connectivity index (χ4n) is 1.84. The van der Waals surface area contributed by atoms with Gasteiger partial charge >= 0.3 is 0 Å². The standard InChI is InChI=1S/C12H13BrFN3/c1-15-12(11-6-16-7-17(11)2)9-5-8(13)3-4-10(9)14/h3-7,12,15H,1-2H3. The van der Waals surface area contributed by atoms with E-state index in [-0.39, 0.29) is 11.9 Å². The van der Waals surface area contributed by atoms with Crippen molar-refractivity contribution in [3.05, 3.63) is 52.3 Å². The summed E-state index contributed by atoms with van der Waals surface area (Å²) in [6.07, 6.45) is 3.44. The minimum absolute atomic E-state index is 0.208. The van der Waals surface area contributed by atoms with E-state index in [4.69, 9.17) is 0 Å². The minimum Gasteiger partial charge on any atom is -0.336 e. The van der Waals surface area contributed by atoms with Crippen LogP contribution in [0.5, 0.6) is 0 Å². The molecule has 0 fully saturated rings. The van der Waals surface area contributed by atoms with Gasteiger partial charge < -0.3 is 9.88 Å². The second kappa shape index (κ2) is 4.98. The lowest BCUT2D eigenvalue weighted by molar-refractivity contribution is 0.561. The van der Waals surface area contributed by atoms with Crippen LogP contribution in [-0.2, 0) is 7.05 Å². The highest BCUT2D eigenvalue weighted by atomic mass is 79.9. The molecule has 0 bridgehead atoms. The third kappa shape index (κ3) is 2.40. The summed E-state index contributed by atoms with van der Waals surface area (Å²) in [5.41, 5.74) is 1.52. The van der Waals surface area contributed by atoms with Crippen LogP contribution >= 0.6 is 15.9 Å². The van der Waals surface area contributed by atoms with Gasteiger partial charge in [-0.05, 0) is 25.2 Å². The number of aromatic nitrogens is 2. The number of hydrogen-bond donors (Lipinski definition) is 1. The van der Waals surface area contributed by atoms with Gasteiger partial charge in [0.25, 0.3) is 0 Å². The Morgan fingerprint density at radius 2 is 2.24 bits per heavy atom. The summed E-state index contributed by atoms with van der Waals surface area (Å²) < 4.78 is 16.6. The van der Waals surface area contributed by atoms with Gasteiger partial charge in [-0.25, -0.2) is 9.37 Å². The van der Waals surface area contributed by atoms with Crippen LogP contribution in [-0.4, -0.2) is 16.6 Å². The van der Waals surface area contributed by atoms with E-state index < -0.39 is 0 Å².